The fourth-order valence-corrected chi connectivity index (χ4v) is 2.35. The summed E-state index contributed by atoms with van der Waals surface area (Å²) in [5.41, 5.74) is 10.5. The van der Waals surface area contributed by atoms with Crippen molar-refractivity contribution < 1.29 is 29.1 Å². The lowest BCUT2D eigenvalue weighted by molar-refractivity contribution is -0.142. The Balaban J connectivity index is 4.35. The van der Waals surface area contributed by atoms with E-state index in [4.69, 9.17) is 16.6 Å². The number of aliphatic carboxylic acids is 1. The third-order valence-electron chi connectivity index (χ3n) is 3.46. The topological polar surface area (TPSA) is 194 Å². The zero-order chi connectivity index (χ0) is 21.0. The van der Waals surface area contributed by atoms with E-state index >= 15 is 0 Å². The number of carboxylic acids is 1. The maximum absolute atomic E-state index is 12.0. The Morgan fingerprint density at radius 1 is 1.07 bits per heavy atom. The first-order valence-corrected chi connectivity index (χ1v) is 9.60. The summed E-state index contributed by atoms with van der Waals surface area (Å²) in [5.74, 6) is -3.13. The summed E-state index contributed by atoms with van der Waals surface area (Å²) in [6.07, 6.45) is 2.06. The minimum absolute atomic E-state index is 0.0498. The third kappa shape index (κ3) is 11.1. The highest BCUT2D eigenvalue weighted by Crippen LogP contribution is 2.01. The molecule has 0 aliphatic heterocycles. The van der Waals surface area contributed by atoms with Gasteiger partial charge in [0.15, 0.2) is 0 Å². The SMILES string of the molecule is CSCCC(NC(=O)C(C)NC(=O)CNC(=O)C(N)CCC(N)=O)C(=O)O. The monoisotopic (exact) mass is 405 g/mol. The van der Waals surface area contributed by atoms with Crippen molar-refractivity contribution in [3.05, 3.63) is 0 Å². The van der Waals surface area contributed by atoms with Crippen molar-refractivity contribution in [3.8, 4) is 0 Å². The zero-order valence-corrected chi connectivity index (χ0v) is 16.1. The van der Waals surface area contributed by atoms with Gasteiger partial charge in [-0.1, -0.05) is 0 Å². The molecule has 11 nitrogen and oxygen atoms in total. The second-order valence-corrected chi connectivity index (χ2v) is 6.78. The highest BCUT2D eigenvalue weighted by atomic mass is 32.2. The molecule has 0 rings (SSSR count). The molecule has 0 aromatic heterocycles. The van der Waals surface area contributed by atoms with Gasteiger partial charge >= 0.3 is 5.97 Å². The first kappa shape index (κ1) is 24.7. The quantitative estimate of drug-likeness (QED) is 0.194. The second kappa shape index (κ2) is 12.9. The molecular formula is C15H27N5O6S. The van der Waals surface area contributed by atoms with Gasteiger partial charge in [0.25, 0.3) is 0 Å². The summed E-state index contributed by atoms with van der Waals surface area (Å²) in [4.78, 5) is 57.3. The molecule has 0 saturated carbocycles. The number of nitrogens with one attached hydrogen (secondary N) is 3. The zero-order valence-electron chi connectivity index (χ0n) is 15.3. The Hall–Kier alpha value is -2.34. The van der Waals surface area contributed by atoms with Crippen LogP contribution in [0.15, 0.2) is 0 Å². The molecule has 0 heterocycles. The summed E-state index contributed by atoms with van der Waals surface area (Å²) >= 11 is 1.45. The molecule has 0 spiro atoms. The molecule has 3 unspecified atom stereocenters. The standard InChI is InChI=1S/C15H27N5O6S/c1-8(13(23)20-10(15(25)26)5-6-27-2)19-12(22)7-18-14(24)9(16)3-4-11(17)21/h8-10H,3-7,16H2,1-2H3,(H2,17,21)(H,18,24)(H,19,22)(H,20,23)(H,25,26). The lowest BCUT2D eigenvalue weighted by Gasteiger charge is -2.19. The molecule has 0 saturated heterocycles. The number of hydrogen-bond donors (Lipinski definition) is 6. The molecular weight excluding hydrogens is 378 g/mol. The van der Waals surface area contributed by atoms with E-state index in [1.165, 1.54) is 18.7 Å². The third-order valence-corrected chi connectivity index (χ3v) is 4.10. The van der Waals surface area contributed by atoms with Gasteiger partial charge in [0, 0.05) is 6.42 Å². The number of primary amides is 1. The molecule has 8 N–H and O–H groups in total. The van der Waals surface area contributed by atoms with E-state index in [0.29, 0.717) is 5.75 Å². The molecule has 3 atom stereocenters. The van der Waals surface area contributed by atoms with Gasteiger partial charge in [0.2, 0.25) is 23.6 Å². The number of thioether (sulfide) groups is 1. The van der Waals surface area contributed by atoms with E-state index in [-0.39, 0.29) is 19.3 Å². The average molecular weight is 405 g/mol. The average Bonchev–Trinajstić information content (AvgIpc) is 2.60. The van der Waals surface area contributed by atoms with Crippen molar-refractivity contribution >= 4 is 41.4 Å². The normalized spacial score (nSPS) is 13.7. The van der Waals surface area contributed by atoms with Gasteiger partial charge in [-0.25, -0.2) is 4.79 Å². The van der Waals surface area contributed by atoms with Crippen LogP contribution in [0.2, 0.25) is 0 Å². The Morgan fingerprint density at radius 2 is 1.70 bits per heavy atom. The summed E-state index contributed by atoms with van der Waals surface area (Å²) in [6.45, 7) is 0.969. The molecule has 4 amide bonds. The van der Waals surface area contributed by atoms with Crippen LogP contribution in [0.3, 0.4) is 0 Å². The van der Waals surface area contributed by atoms with E-state index < -0.39 is 54.3 Å². The van der Waals surface area contributed by atoms with Gasteiger partial charge in [-0.15, -0.1) is 0 Å². The van der Waals surface area contributed by atoms with Gasteiger partial charge in [-0.05, 0) is 31.8 Å². The molecule has 0 radical (unpaired) electrons. The predicted molar refractivity (Wildman–Crippen MR) is 99.6 cm³/mol. The molecule has 27 heavy (non-hydrogen) atoms. The molecule has 0 aromatic rings. The van der Waals surface area contributed by atoms with Crippen LogP contribution in [0.1, 0.15) is 26.2 Å². The van der Waals surface area contributed by atoms with Crippen LogP contribution >= 0.6 is 11.8 Å². The number of rotatable bonds is 13. The highest BCUT2D eigenvalue weighted by Gasteiger charge is 2.23. The fourth-order valence-electron chi connectivity index (χ4n) is 1.88. The molecule has 12 heteroatoms. The van der Waals surface area contributed by atoms with Crippen molar-refractivity contribution in [2.75, 3.05) is 18.6 Å². The number of carbonyl (C=O) groups is 5. The van der Waals surface area contributed by atoms with Crippen molar-refractivity contribution in [1.82, 2.24) is 16.0 Å². The molecule has 0 fully saturated rings. The smallest absolute Gasteiger partial charge is 0.326 e. The van der Waals surface area contributed by atoms with Gasteiger partial charge in [-0.2, -0.15) is 11.8 Å². The Bertz CT molecular complexity index is 559. The predicted octanol–water partition coefficient (Wildman–Crippen LogP) is -2.48. The van der Waals surface area contributed by atoms with Gasteiger partial charge < -0.3 is 32.5 Å². The van der Waals surface area contributed by atoms with Crippen LogP contribution in [0.5, 0.6) is 0 Å². The van der Waals surface area contributed by atoms with E-state index in [1.807, 2.05) is 6.26 Å². The summed E-state index contributed by atoms with van der Waals surface area (Å²) in [5, 5.41) is 16.1. The largest absolute Gasteiger partial charge is 0.480 e. The minimum Gasteiger partial charge on any atom is -0.480 e. The number of carboxylic acid groups (broad SMARTS) is 1. The van der Waals surface area contributed by atoms with Gasteiger partial charge in [-0.3, -0.25) is 19.2 Å². The molecule has 0 aliphatic rings. The van der Waals surface area contributed by atoms with E-state index in [0.717, 1.165) is 0 Å². The molecule has 0 bridgehead atoms. The van der Waals surface area contributed by atoms with Crippen molar-refractivity contribution in [2.24, 2.45) is 11.5 Å². The van der Waals surface area contributed by atoms with Crippen LogP contribution < -0.4 is 27.4 Å². The Labute approximate surface area is 161 Å². The highest BCUT2D eigenvalue weighted by molar-refractivity contribution is 7.98. The van der Waals surface area contributed by atoms with Crippen LogP contribution in [0, 0.1) is 0 Å². The van der Waals surface area contributed by atoms with Crippen LogP contribution in [0.25, 0.3) is 0 Å². The summed E-state index contributed by atoms with van der Waals surface area (Å²) in [7, 11) is 0. The number of amides is 4. The Morgan fingerprint density at radius 3 is 2.22 bits per heavy atom. The van der Waals surface area contributed by atoms with Crippen LogP contribution in [0.4, 0.5) is 0 Å². The van der Waals surface area contributed by atoms with Crippen molar-refractivity contribution in [2.45, 2.75) is 44.3 Å². The number of hydrogen-bond acceptors (Lipinski definition) is 7. The lowest BCUT2D eigenvalue weighted by Crippen LogP contribution is -2.52. The molecule has 0 aromatic carbocycles. The van der Waals surface area contributed by atoms with E-state index in [9.17, 15) is 24.0 Å². The fraction of sp³-hybridized carbons (Fsp3) is 0.667. The maximum Gasteiger partial charge on any atom is 0.326 e. The first-order valence-electron chi connectivity index (χ1n) is 8.21. The van der Waals surface area contributed by atoms with E-state index in [2.05, 4.69) is 16.0 Å². The van der Waals surface area contributed by atoms with Crippen molar-refractivity contribution in [3.63, 3.8) is 0 Å². The number of carbonyl (C=O) groups excluding carboxylic acids is 4. The number of nitrogens with two attached hydrogens (primary N) is 2. The maximum atomic E-state index is 12.0. The molecule has 154 valence electrons. The second-order valence-electron chi connectivity index (χ2n) is 5.80. The first-order chi connectivity index (χ1) is 12.6. The van der Waals surface area contributed by atoms with Crippen LogP contribution in [-0.2, 0) is 24.0 Å². The molecule has 0 aliphatic carbocycles. The summed E-state index contributed by atoms with van der Waals surface area (Å²) in [6, 6.07) is -3.03. The Kier molecular flexibility index (Phi) is 11.8. The van der Waals surface area contributed by atoms with Gasteiger partial charge in [0.05, 0.1) is 12.6 Å². The van der Waals surface area contributed by atoms with Gasteiger partial charge in [0.1, 0.15) is 12.1 Å². The summed E-state index contributed by atoms with van der Waals surface area (Å²) < 4.78 is 0. The minimum atomic E-state index is -1.16. The van der Waals surface area contributed by atoms with Crippen molar-refractivity contribution in [1.29, 1.82) is 0 Å². The van der Waals surface area contributed by atoms with E-state index in [1.54, 1.807) is 0 Å². The lowest BCUT2D eigenvalue weighted by atomic mass is 10.1. The van der Waals surface area contributed by atoms with Crippen LogP contribution in [-0.4, -0.2) is 71.4 Å².